The first-order valence-electron chi connectivity index (χ1n) is 8.83. The Morgan fingerprint density at radius 3 is 2.42 bits per heavy atom. The van der Waals surface area contributed by atoms with Crippen molar-refractivity contribution in [2.24, 2.45) is 5.92 Å². The predicted molar refractivity (Wildman–Crippen MR) is 97.9 cm³/mol. The van der Waals surface area contributed by atoms with Gasteiger partial charge >= 0.3 is 0 Å². The average molecular weight is 349 g/mol. The number of hydrogen-bond acceptors (Lipinski definition) is 4. The lowest BCUT2D eigenvalue weighted by molar-refractivity contribution is -0.134. The summed E-state index contributed by atoms with van der Waals surface area (Å²) >= 11 is 1.69. The number of aliphatic hydroxyl groups excluding tert-OH is 1. The lowest BCUT2D eigenvalue weighted by Gasteiger charge is -2.40. The minimum atomic E-state index is 0.00810. The summed E-state index contributed by atoms with van der Waals surface area (Å²) in [7, 11) is 0. The van der Waals surface area contributed by atoms with Crippen molar-refractivity contribution in [3.05, 3.63) is 29.8 Å². The quantitative estimate of drug-likeness (QED) is 0.850. The lowest BCUT2D eigenvalue weighted by Crippen LogP contribution is -2.54. The molecule has 3 rings (SSSR count). The molecule has 2 fully saturated rings. The molecule has 0 spiro atoms. The topological polar surface area (TPSA) is 43.8 Å². The summed E-state index contributed by atoms with van der Waals surface area (Å²) in [5.74, 6) is 0.543. The number of carbonyl (C=O) groups excluding carboxylic acids is 1. The first-order valence-corrected chi connectivity index (χ1v) is 9.60. The zero-order chi connectivity index (χ0) is 17.3. The number of hydrogen-bond donors (Lipinski definition) is 1. The molecule has 1 saturated carbocycles. The molecule has 1 saturated heterocycles. The van der Waals surface area contributed by atoms with Crippen LogP contribution in [0, 0.1) is 5.92 Å². The van der Waals surface area contributed by atoms with Crippen molar-refractivity contribution in [3.8, 4) is 0 Å². The molecule has 1 unspecified atom stereocenters. The summed E-state index contributed by atoms with van der Waals surface area (Å²) in [6, 6.07) is 8.68. The molecule has 2 aliphatic rings. The lowest BCUT2D eigenvalue weighted by atomic mass is 9.87. The highest BCUT2D eigenvalue weighted by atomic mass is 32.2. The van der Waals surface area contributed by atoms with Crippen LogP contribution in [0.25, 0.3) is 0 Å². The maximum absolute atomic E-state index is 12.2. The van der Waals surface area contributed by atoms with Gasteiger partial charge in [-0.3, -0.25) is 4.79 Å². The van der Waals surface area contributed by atoms with E-state index in [1.54, 1.807) is 11.9 Å². The Kier molecular flexibility index (Phi) is 5.23. The monoisotopic (exact) mass is 348 g/mol. The van der Waals surface area contributed by atoms with Crippen LogP contribution in [-0.4, -0.2) is 52.5 Å². The van der Waals surface area contributed by atoms with Gasteiger partial charge in [-0.25, -0.2) is 4.31 Å². The normalized spacial score (nSPS) is 22.7. The standard InChI is InChI=1S/C19H28N2O2S/c1-19(2,3)15-6-8-17(9-7-15)24-21-11-10-20(12-16(21)13-22)18(23)14-4-5-14/h6-9,14,16,22H,4-5,10-13H2,1-3H3. The molecule has 1 aromatic carbocycles. The molecular formula is C19H28N2O2S. The van der Waals surface area contributed by atoms with Gasteiger partial charge in [-0.05, 0) is 47.9 Å². The molecular weight excluding hydrogens is 320 g/mol. The average Bonchev–Trinajstić information content (AvgIpc) is 3.39. The van der Waals surface area contributed by atoms with Gasteiger partial charge in [-0.2, -0.15) is 0 Å². The van der Waals surface area contributed by atoms with Crippen LogP contribution in [0.2, 0.25) is 0 Å². The molecule has 1 aliphatic carbocycles. The van der Waals surface area contributed by atoms with Crippen LogP contribution in [0.15, 0.2) is 29.2 Å². The highest BCUT2D eigenvalue weighted by Crippen LogP contribution is 2.33. The molecule has 0 radical (unpaired) electrons. The third kappa shape index (κ3) is 4.13. The summed E-state index contributed by atoms with van der Waals surface area (Å²) in [5, 5.41) is 9.75. The van der Waals surface area contributed by atoms with E-state index in [1.165, 1.54) is 10.5 Å². The first-order chi connectivity index (χ1) is 11.4. The van der Waals surface area contributed by atoms with Crippen LogP contribution in [0.5, 0.6) is 0 Å². The Morgan fingerprint density at radius 1 is 1.21 bits per heavy atom. The molecule has 1 aromatic rings. The van der Waals surface area contributed by atoms with Gasteiger partial charge in [0.25, 0.3) is 0 Å². The Bertz CT molecular complexity index is 578. The van der Waals surface area contributed by atoms with Crippen LogP contribution in [0.1, 0.15) is 39.2 Å². The molecule has 1 heterocycles. The highest BCUT2D eigenvalue weighted by molar-refractivity contribution is 7.97. The fourth-order valence-corrected chi connectivity index (χ4v) is 4.03. The van der Waals surface area contributed by atoms with Gasteiger partial charge in [0.15, 0.2) is 0 Å². The van der Waals surface area contributed by atoms with Gasteiger partial charge in [-0.15, -0.1) is 0 Å². The summed E-state index contributed by atoms with van der Waals surface area (Å²) in [5.41, 5.74) is 1.48. The number of nitrogens with zero attached hydrogens (tertiary/aromatic N) is 2. The number of carbonyl (C=O) groups is 1. The molecule has 0 aromatic heterocycles. The second-order valence-electron chi connectivity index (χ2n) is 7.90. The number of rotatable bonds is 4. The Morgan fingerprint density at radius 2 is 1.88 bits per heavy atom. The van der Waals surface area contributed by atoms with Gasteiger partial charge < -0.3 is 10.0 Å². The molecule has 0 bridgehead atoms. The van der Waals surface area contributed by atoms with Gasteiger partial charge in [0.05, 0.1) is 12.6 Å². The zero-order valence-corrected chi connectivity index (χ0v) is 15.7. The molecule has 1 N–H and O–H groups in total. The molecule has 1 amide bonds. The third-order valence-electron chi connectivity index (χ3n) is 4.82. The van der Waals surface area contributed by atoms with Crippen LogP contribution < -0.4 is 0 Å². The van der Waals surface area contributed by atoms with Gasteiger partial charge in [0.1, 0.15) is 0 Å². The minimum absolute atomic E-state index is 0.00810. The second kappa shape index (κ2) is 7.06. The van der Waals surface area contributed by atoms with Gasteiger partial charge in [0, 0.05) is 30.4 Å². The van der Waals surface area contributed by atoms with Crippen LogP contribution in [-0.2, 0) is 10.2 Å². The van der Waals surface area contributed by atoms with Crippen molar-refractivity contribution < 1.29 is 9.90 Å². The number of benzene rings is 1. The number of amides is 1. The number of piperazine rings is 1. The van der Waals surface area contributed by atoms with Crippen molar-refractivity contribution in [1.82, 2.24) is 9.21 Å². The van der Waals surface area contributed by atoms with Crippen LogP contribution in [0.3, 0.4) is 0 Å². The minimum Gasteiger partial charge on any atom is -0.395 e. The summed E-state index contributed by atoms with van der Waals surface area (Å²) < 4.78 is 2.22. The van der Waals surface area contributed by atoms with Crippen molar-refractivity contribution >= 4 is 17.9 Å². The molecule has 1 atom stereocenters. The molecule has 132 valence electrons. The SMILES string of the molecule is CC(C)(C)c1ccc(SN2CCN(C(=O)C3CC3)CC2CO)cc1. The van der Waals surface area contributed by atoms with Crippen molar-refractivity contribution in [2.45, 2.75) is 50.0 Å². The molecule has 4 nitrogen and oxygen atoms in total. The van der Waals surface area contributed by atoms with E-state index in [0.29, 0.717) is 6.54 Å². The van der Waals surface area contributed by atoms with Crippen molar-refractivity contribution in [2.75, 3.05) is 26.2 Å². The van der Waals surface area contributed by atoms with Crippen LogP contribution >= 0.6 is 11.9 Å². The second-order valence-corrected chi connectivity index (χ2v) is 9.02. The van der Waals surface area contributed by atoms with E-state index in [0.717, 1.165) is 25.9 Å². The Hall–Kier alpha value is -1.04. The third-order valence-corrected chi connectivity index (χ3v) is 6.02. The van der Waals surface area contributed by atoms with E-state index in [-0.39, 0.29) is 29.9 Å². The zero-order valence-electron chi connectivity index (χ0n) is 14.9. The van der Waals surface area contributed by atoms with E-state index < -0.39 is 0 Å². The van der Waals surface area contributed by atoms with E-state index in [2.05, 4.69) is 49.3 Å². The van der Waals surface area contributed by atoms with Crippen LogP contribution in [0.4, 0.5) is 0 Å². The predicted octanol–water partition coefficient (Wildman–Crippen LogP) is 2.91. The summed E-state index contributed by atoms with van der Waals surface area (Å²) in [4.78, 5) is 15.4. The van der Waals surface area contributed by atoms with Gasteiger partial charge in [-0.1, -0.05) is 32.9 Å². The Balaban J connectivity index is 1.61. The molecule has 5 heteroatoms. The Labute approximate surface area is 149 Å². The van der Waals surface area contributed by atoms with E-state index in [1.807, 2.05) is 4.90 Å². The summed E-state index contributed by atoms with van der Waals surface area (Å²) in [6.07, 6.45) is 2.08. The fourth-order valence-electron chi connectivity index (χ4n) is 3.05. The number of aliphatic hydroxyl groups is 1. The van der Waals surface area contributed by atoms with E-state index in [4.69, 9.17) is 0 Å². The highest BCUT2D eigenvalue weighted by Gasteiger charge is 2.37. The van der Waals surface area contributed by atoms with E-state index in [9.17, 15) is 9.90 Å². The fraction of sp³-hybridized carbons (Fsp3) is 0.632. The van der Waals surface area contributed by atoms with Crippen molar-refractivity contribution in [3.63, 3.8) is 0 Å². The molecule has 24 heavy (non-hydrogen) atoms. The largest absolute Gasteiger partial charge is 0.395 e. The van der Waals surface area contributed by atoms with E-state index >= 15 is 0 Å². The van der Waals surface area contributed by atoms with Crippen molar-refractivity contribution in [1.29, 1.82) is 0 Å². The van der Waals surface area contributed by atoms with Gasteiger partial charge in [0.2, 0.25) is 5.91 Å². The maximum atomic E-state index is 12.2. The first kappa shape index (κ1) is 17.8. The summed E-state index contributed by atoms with van der Waals surface area (Å²) in [6.45, 7) is 8.93. The maximum Gasteiger partial charge on any atom is 0.225 e. The smallest absolute Gasteiger partial charge is 0.225 e. The molecule has 1 aliphatic heterocycles.